The number of nitrogens with one attached hydrogen (secondary N) is 1. The van der Waals surface area contributed by atoms with Crippen LogP contribution in [0.15, 0.2) is 36.4 Å². The summed E-state index contributed by atoms with van der Waals surface area (Å²) in [5, 5.41) is 3.45. The van der Waals surface area contributed by atoms with Crippen molar-refractivity contribution in [2.24, 2.45) is 0 Å². The third-order valence-electron chi connectivity index (χ3n) is 5.78. The van der Waals surface area contributed by atoms with E-state index < -0.39 is 28.7 Å². The summed E-state index contributed by atoms with van der Waals surface area (Å²) in [6.45, 7) is 7.01. The maximum absolute atomic E-state index is 13.9. The second-order valence-electron chi connectivity index (χ2n) is 8.63. The van der Waals surface area contributed by atoms with Gasteiger partial charge in [-0.1, -0.05) is 48.3 Å². The Labute approximate surface area is 224 Å². The van der Waals surface area contributed by atoms with Crippen LogP contribution in [0, 0.1) is 13.8 Å². The van der Waals surface area contributed by atoms with Crippen molar-refractivity contribution >= 4 is 50.9 Å². The number of hydrogen-bond donors (Lipinski definition) is 1. The summed E-state index contributed by atoms with van der Waals surface area (Å²) >= 11 is 12.8. The molecule has 2 rings (SSSR count). The average Bonchev–Trinajstić information content (AvgIpc) is 2.80. The minimum atomic E-state index is -4.05. The van der Waals surface area contributed by atoms with E-state index in [0.717, 1.165) is 14.2 Å². The highest BCUT2D eigenvalue weighted by molar-refractivity contribution is 7.90. The first-order chi connectivity index (χ1) is 16.8. The second-order valence-corrected chi connectivity index (χ2v) is 11.5. The van der Waals surface area contributed by atoms with Gasteiger partial charge in [0, 0.05) is 42.8 Å². The zero-order valence-electron chi connectivity index (χ0n) is 21.5. The first-order valence-electron chi connectivity index (χ1n) is 11.6. The molecule has 198 valence electrons. The van der Waals surface area contributed by atoms with Crippen LogP contribution in [0.4, 0.5) is 5.69 Å². The van der Waals surface area contributed by atoms with Gasteiger partial charge >= 0.3 is 10.2 Å². The molecule has 0 radical (unpaired) electrons. The number of nitrogens with zero attached hydrogens (tertiary/aromatic N) is 3. The zero-order chi connectivity index (χ0) is 27.2. The van der Waals surface area contributed by atoms with E-state index in [9.17, 15) is 18.0 Å². The number of benzene rings is 2. The van der Waals surface area contributed by atoms with Gasteiger partial charge < -0.3 is 10.2 Å². The molecule has 1 atom stereocenters. The molecule has 0 aliphatic heterocycles. The number of halogens is 2. The van der Waals surface area contributed by atoms with Crippen molar-refractivity contribution in [3.05, 3.63) is 63.1 Å². The quantitative estimate of drug-likeness (QED) is 0.449. The highest BCUT2D eigenvalue weighted by Crippen LogP contribution is 2.29. The first kappa shape index (κ1) is 29.9. The van der Waals surface area contributed by atoms with Crippen molar-refractivity contribution < 1.29 is 18.0 Å². The number of anilines is 1. The van der Waals surface area contributed by atoms with E-state index in [1.165, 1.54) is 19.0 Å². The van der Waals surface area contributed by atoms with E-state index in [1.54, 1.807) is 51.1 Å². The molecular weight excluding hydrogens is 523 g/mol. The minimum absolute atomic E-state index is 0.0599. The third-order valence-corrected chi connectivity index (χ3v) is 8.29. The predicted octanol–water partition coefficient (Wildman–Crippen LogP) is 4.17. The van der Waals surface area contributed by atoms with Crippen LogP contribution in [-0.4, -0.2) is 62.7 Å². The molecule has 2 aromatic rings. The molecule has 1 N–H and O–H groups in total. The molecule has 2 amide bonds. The Kier molecular flexibility index (Phi) is 10.6. The van der Waals surface area contributed by atoms with E-state index in [4.69, 9.17) is 23.2 Å². The fourth-order valence-corrected chi connectivity index (χ4v) is 5.39. The predicted molar refractivity (Wildman–Crippen MR) is 146 cm³/mol. The SMILES string of the molecule is CCNC(=O)[C@@H](CC)N(Cc1c(Cl)cccc1Cl)C(=O)CN(c1cc(C)ccc1C)S(=O)(=O)N(C)C. The Bertz CT molecular complexity index is 1180. The summed E-state index contributed by atoms with van der Waals surface area (Å²) < 4.78 is 28.8. The maximum Gasteiger partial charge on any atom is 0.304 e. The Morgan fingerprint density at radius 1 is 1.03 bits per heavy atom. The van der Waals surface area contributed by atoms with Gasteiger partial charge in [-0.25, -0.2) is 4.31 Å². The molecule has 0 fully saturated rings. The lowest BCUT2D eigenvalue weighted by Crippen LogP contribution is -2.53. The zero-order valence-corrected chi connectivity index (χ0v) is 23.8. The smallest absolute Gasteiger partial charge is 0.304 e. The summed E-state index contributed by atoms with van der Waals surface area (Å²) in [6.07, 6.45) is 0.309. The van der Waals surface area contributed by atoms with Crippen LogP contribution >= 0.6 is 23.2 Å². The molecule has 0 aliphatic rings. The van der Waals surface area contributed by atoms with Crippen molar-refractivity contribution in [2.45, 2.75) is 46.7 Å². The lowest BCUT2D eigenvalue weighted by atomic mass is 10.1. The Morgan fingerprint density at radius 2 is 1.64 bits per heavy atom. The van der Waals surface area contributed by atoms with E-state index >= 15 is 0 Å². The molecule has 0 saturated heterocycles. The van der Waals surface area contributed by atoms with Gasteiger partial charge in [-0.3, -0.25) is 9.59 Å². The highest BCUT2D eigenvalue weighted by Gasteiger charge is 2.34. The van der Waals surface area contributed by atoms with Gasteiger partial charge in [0.2, 0.25) is 11.8 Å². The summed E-state index contributed by atoms with van der Waals surface area (Å²) in [6, 6.07) is 9.53. The minimum Gasteiger partial charge on any atom is -0.355 e. The van der Waals surface area contributed by atoms with Crippen molar-refractivity contribution in [1.29, 1.82) is 0 Å². The van der Waals surface area contributed by atoms with Gasteiger partial charge in [-0.05, 0) is 56.5 Å². The van der Waals surface area contributed by atoms with E-state index in [-0.39, 0.29) is 12.5 Å². The van der Waals surface area contributed by atoms with E-state index in [2.05, 4.69) is 5.32 Å². The summed E-state index contributed by atoms with van der Waals surface area (Å²) in [7, 11) is -1.23. The standard InChI is InChI=1S/C25H34Cl2N4O4S/c1-7-22(25(33)28-8-2)30(15-19-20(26)10-9-11-21(19)27)24(32)16-31(36(34,35)29(5)6)23-14-17(3)12-13-18(23)4/h9-14,22H,7-8,15-16H2,1-6H3,(H,28,33)/t22-/m1/s1. The van der Waals surface area contributed by atoms with Gasteiger partial charge in [-0.15, -0.1) is 0 Å². The maximum atomic E-state index is 13.9. The second kappa shape index (κ2) is 12.8. The fourth-order valence-electron chi connectivity index (χ4n) is 3.76. The molecule has 36 heavy (non-hydrogen) atoms. The summed E-state index contributed by atoms with van der Waals surface area (Å²) in [4.78, 5) is 28.1. The van der Waals surface area contributed by atoms with Crippen LogP contribution in [0.1, 0.15) is 37.0 Å². The average molecular weight is 558 g/mol. The number of rotatable bonds is 11. The van der Waals surface area contributed by atoms with Crippen LogP contribution in [0.25, 0.3) is 0 Å². The molecule has 2 aromatic carbocycles. The van der Waals surface area contributed by atoms with Gasteiger partial charge in [0.1, 0.15) is 12.6 Å². The number of likely N-dealkylation sites (N-methyl/N-ethyl adjacent to an activating group) is 1. The largest absolute Gasteiger partial charge is 0.355 e. The van der Waals surface area contributed by atoms with Crippen molar-refractivity contribution in [3.8, 4) is 0 Å². The third kappa shape index (κ3) is 6.91. The van der Waals surface area contributed by atoms with Crippen LogP contribution in [0.2, 0.25) is 10.0 Å². The van der Waals surface area contributed by atoms with Gasteiger partial charge in [-0.2, -0.15) is 12.7 Å². The van der Waals surface area contributed by atoms with Crippen molar-refractivity contribution in [1.82, 2.24) is 14.5 Å². The summed E-state index contributed by atoms with van der Waals surface area (Å²) in [5.74, 6) is -0.902. The molecule has 0 aromatic heterocycles. The molecular formula is C25H34Cl2N4O4S. The first-order valence-corrected chi connectivity index (χ1v) is 13.8. The monoisotopic (exact) mass is 556 g/mol. The van der Waals surface area contributed by atoms with Crippen LogP contribution in [-0.2, 0) is 26.3 Å². The number of carbonyl (C=O) groups excluding carboxylic acids is 2. The lowest BCUT2D eigenvalue weighted by molar-refractivity contribution is -0.140. The summed E-state index contributed by atoms with van der Waals surface area (Å²) in [5.41, 5.74) is 2.40. The van der Waals surface area contributed by atoms with Crippen LogP contribution in [0.5, 0.6) is 0 Å². The van der Waals surface area contributed by atoms with Gasteiger partial charge in [0.05, 0.1) is 5.69 Å². The number of amides is 2. The molecule has 8 nitrogen and oxygen atoms in total. The molecule has 0 bridgehead atoms. The molecule has 0 spiro atoms. The van der Waals surface area contributed by atoms with Gasteiger partial charge in [0.15, 0.2) is 0 Å². The van der Waals surface area contributed by atoms with Crippen molar-refractivity contribution in [2.75, 3.05) is 31.5 Å². The fraction of sp³-hybridized carbons (Fsp3) is 0.440. The number of aryl methyl sites for hydroxylation is 2. The molecule has 11 heteroatoms. The molecule has 0 saturated carbocycles. The molecule has 0 unspecified atom stereocenters. The number of hydrogen-bond acceptors (Lipinski definition) is 4. The highest BCUT2D eigenvalue weighted by atomic mass is 35.5. The van der Waals surface area contributed by atoms with E-state index in [1.807, 2.05) is 13.0 Å². The number of carbonyl (C=O) groups is 2. The lowest BCUT2D eigenvalue weighted by Gasteiger charge is -2.34. The molecule has 0 heterocycles. The van der Waals surface area contributed by atoms with Crippen molar-refractivity contribution in [3.63, 3.8) is 0 Å². The Balaban J connectivity index is 2.61. The normalized spacial score (nSPS) is 12.4. The van der Waals surface area contributed by atoms with Gasteiger partial charge in [0.25, 0.3) is 0 Å². The van der Waals surface area contributed by atoms with Crippen LogP contribution < -0.4 is 9.62 Å². The Hall–Kier alpha value is -2.33. The Morgan fingerprint density at radius 3 is 2.17 bits per heavy atom. The molecule has 0 aliphatic carbocycles. The topological polar surface area (TPSA) is 90.0 Å². The van der Waals surface area contributed by atoms with E-state index in [0.29, 0.717) is 39.8 Å². The van der Waals surface area contributed by atoms with Crippen LogP contribution in [0.3, 0.4) is 0 Å².